The summed E-state index contributed by atoms with van der Waals surface area (Å²) in [4.78, 5) is 4.75. The zero-order valence-electron chi connectivity index (χ0n) is 14.0. The van der Waals surface area contributed by atoms with Gasteiger partial charge in [-0.15, -0.1) is 0 Å². The second kappa shape index (κ2) is 7.02. The van der Waals surface area contributed by atoms with Crippen LogP contribution < -0.4 is 4.72 Å². The van der Waals surface area contributed by atoms with E-state index < -0.39 is 10.0 Å². The summed E-state index contributed by atoms with van der Waals surface area (Å²) in [6.45, 7) is 4.33. The fourth-order valence-corrected chi connectivity index (χ4v) is 4.53. The number of rotatable bonds is 4. The van der Waals surface area contributed by atoms with Crippen LogP contribution in [0.1, 0.15) is 30.9 Å². The maximum Gasteiger partial charge on any atom is 0.264 e. The minimum atomic E-state index is -3.63. The fourth-order valence-electron chi connectivity index (χ4n) is 2.83. The van der Waals surface area contributed by atoms with Gasteiger partial charge < -0.3 is 0 Å². The first-order valence-corrected chi connectivity index (χ1v) is 9.84. The lowest BCUT2D eigenvalue weighted by Crippen LogP contribution is -2.24. The molecule has 0 fully saturated rings. The van der Waals surface area contributed by atoms with Crippen LogP contribution in [0.5, 0.6) is 0 Å². The topological polar surface area (TPSA) is 58.5 Å². The molecule has 0 spiro atoms. The lowest BCUT2D eigenvalue weighted by Gasteiger charge is -2.09. The van der Waals surface area contributed by atoms with E-state index in [0.29, 0.717) is 28.5 Å². The highest BCUT2D eigenvalue weighted by Crippen LogP contribution is 2.31. The van der Waals surface area contributed by atoms with E-state index in [-0.39, 0.29) is 10.8 Å². The van der Waals surface area contributed by atoms with Gasteiger partial charge in [0.25, 0.3) is 10.0 Å². The molecule has 3 rings (SSSR count). The summed E-state index contributed by atoms with van der Waals surface area (Å²) in [6, 6.07) is 16.9. The van der Waals surface area contributed by atoms with Gasteiger partial charge >= 0.3 is 0 Å². The first-order chi connectivity index (χ1) is 11.9. The van der Waals surface area contributed by atoms with Gasteiger partial charge in [0, 0.05) is 23.1 Å². The maximum absolute atomic E-state index is 12.5. The number of halogens is 1. The molecule has 2 aromatic carbocycles. The van der Waals surface area contributed by atoms with Gasteiger partial charge in [-0.2, -0.15) is 0 Å². The molecule has 6 heteroatoms. The molecule has 2 aromatic rings. The van der Waals surface area contributed by atoms with Gasteiger partial charge in [0.05, 0.1) is 0 Å². The van der Waals surface area contributed by atoms with Crippen LogP contribution in [0.3, 0.4) is 0 Å². The van der Waals surface area contributed by atoms with Crippen LogP contribution in [0.15, 0.2) is 65.2 Å². The van der Waals surface area contributed by atoms with E-state index in [0.717, 1.165) is 0 Å². The maximum atomic E-state index is 12.5. The summed E-state index contributed by atoms with van der Waals surface area (Å²) in [5, 5.41) is 0.496. The van der Waals surface area contributed by atoms with E-state index in [4.69, 9.17) is 11.6 Å². The monoisotopic (exact) mass is 374 g/mol. The Morgan fingerprint density at radius 1 is 1.12 bits per heavy atom. The van der Waals surface area contributed by atoms with Crippen LogP contribution >= 0.6 is 11.6 Å². The van der Waals surface area contributed by atoms with Crippen LogP contribution in [-0.2, 0) is 10.0 Å². The Labute approximate surface area is 153 Å². The Morgan fingerprint density at radius 2 is 1.84 bits per heavy atom. The number of aliphatic imine (C=N–C) groups is 1. The third-order valence-electron chi connectivity index (χ3n) is 4.17. The fraction of sp³-hybridized carbons (Fsp3) is 0.211. The van der Waals surface area contributed by atoms with Gasteiger partial charge in [-0.05, 0) is 30.2 Å². The molecular weight excluding hydrogens is 356 g/mol. The SMILES string of the molecule is CC1=C(c2cccc(Cl)c2)S(=O)(=O)NC1=NCC(C)c1ccccc1. The molecular formula is C19H19ClN2O2S. The van der Waals surface area contributed by atoms with Crippen molar-refractivity contribution in [1.82, 2.24) is 4.72 Å². The van der Waals surface area contributed by atoms with E-state index in [1.807, 2.05) is 30.3 Å². The standard InChI is InChI=1S/C19H19ClN2O2S/c1-13(15-7-4-3-5-8-15)12-21-19-14(2)18(25(23,24)22-19)16-9-6-10-17(20)11-16/h3-11,13H,12H2,1-2H3,(H,21,22). The first kappa shape index (κ1) is 17.7. The molecule has 0 aliphatic carbocycles. The largest absolute Gasteiger partial charge is 0.267 e. The van der Waals surface area contributed by atoms with E-state index in [1.165, 1.54) is 5.56 Å². The third-order valence-corrected chi connectivity index (χ3v) is 5.95. The highest BCUT2D eigenvalue weighted by atomic mass is 35.5. The highest BCUT2D eigenvalue weighted by molar-refractivity contribution is 8.00. The van der Waals surface area contributed by atoms with Crippen molar-refractivity contribution < 1.29 is 8.42 Å². The molecule has 1 N–H and O–H groups in total. The van der Waals surface area contributed by atoms with Gasteiger partial charge in [0.1, 0.15) is 10.7 Å². The van der Waals surface area contributed by atoms with Crippen molar-refractivity contribution >= 4 is 32.4 Å². The molecule has 0 bridgehead atoms. The summed E-state index contributed by atoms with van der Waals surface area (Å²) in [7, 11) is -3.63. The number of hydrogen-bond donors (Lipinski definition) is 1. The lowest BCUT2D eigenvalue weighted by molar-refractivity contribution is 0.603. The van der Waals surface area contributed by atoms with Gasteiger partial charge in [0.2, 0.25) is 0 Å². The van der Waals surface area contributed by atoms with Gasteiger partial charge in [-0.1, -0.05) is 61.0 Å². The Bertz CT molecular complexity index is 950. The second-order valence-electron chi connectivity index (χ2n) is 6.07. The minimum absolute atomic E-state index is 0.196. The zero-order valence-corrected chi connectivity index (χ0v) is 15.6. The predicted octanol–water partition coefficient (Wildman–Crippen LogP) is 4.21. The summed E-state index contributed by atoms with van der Waals surface area (Å²) in [5.41, 5.74) is 2.35. The molecule has 0 amide bonds. The Hall–Kier alpha value is -2.11. The number of amidine groups is 1. The number of hydrogen-bond acceptors (Lipinski definition) is 3. The quantitative estimate of drug-likeness (QED) is 0.871. The Kier molecular flexibility index (Phi) is 4.97. The minimum Gasteiger partial charge on any atom is -0.267 e. The average Bonchev–Trinajstić information content (AvgIpc) is 2.82. The van der Waals surface area contributed by atoms with Crippen LogP contribution in [0.25, 0.3) is 4.91 Å². The molecule has 1 unspecified atom stereocenters. The van der Waals surface area contributed by atoms with Crippen LogP contribution in [0.4, 0.5) is 0 Å². The molecule has 0 aromatic heterocycles. The van der Waals surface area contributed by atoms with Crippen molar-refractivity contribution in [2.24, 2.45) is 4.99 Å². The highest BCUT2D eigenvalue weighted by Gasteiger charge is 2.32. The smallest absolute Gasteiger partial charge is 0.264 e. The molecule has 130 valence electrons. The molecule has 0 saturated carbocycles. The van der Waals surface area contributed by atoms with Crippen molar-refractivity contribution in [3.63, 3.8) is 0 Å². The van der Waals surface area contributed by atoms with Gasteiger partial charge in [-0.3, -0.25) is 9.71 Å². The molecule has 0 radical (unpaired) electrons. The summed E-state index contributed by atoms with van der Waals surface area (Å²) in [6.07, 6.45) is 0. The van der Waals surface area contributed by atoms with Crippen LogP contribution in [-0.4, -0.2) is 20.8 Å². The predicted molar refractivity (Wildman–Crippen MR) is 103 cm³/mol. The summed E-state index contributed by atoms with van der Waals surface area (Å²) >= 11 is 6.00. The molecule has 1 heterocycles. The average molecular weight is 375 g/mol. The van der Waals surface area contributed by atoms with Crippen molar-refractivity contribution in [3.05, 3.63) is 76.3 Å². The number of nitrogens with zero attached hydrogens (tertiary/aromatic N) is 1. The van der Waals surface area contributed by atoms with Crippen molar-refractivity contribution in [1.29, 1.82) is 0 Å². The van der Waals surface area contributed by atoms with Crippen molar-refractivity contribution in [2.45, 2.75) is 19.8 Å². The molecule has 0 saturated heterocycles. The van der Waals surface area contributed by atoms with E-state index >= 15 is 0 Å². The first-order valence-electron chi connectivity index (χ1n) is 7.98. The molecule has 1 aliphatic rings. The molecule has 25 heavy (non-hydrogen) atoms. The van der Waals surface area contributed by atoms with E-state index in [1.54, 1.807) is 31.2 Å². The lowest BCUT2D eigenvalue weighted by atomic mass is 10.0. The molecule has 1 aliphatic heterocycles. The Balaban J connectivity index is 1.91. The van der Waals surface area contributed by atoms with Crippen molar-refractivity contribution in [3.8, 4) is 0 Å². The van der Waals surface area contributed by atoms with E-state index in [2.05, 4.69) is 16.6 Å². The summed E-state index contributed by atoms with van der Waals surface area (Å²) < 4.78 is 27.6. The number of benzene rings is 2. The second-order valence-corrected chi connectivity index (χ2v) is 8.13. The van der Waals surface area contributed by atoms with E-state index in [9.17, 15) is 8.42 Å². The summed E-state index contributed by atoms with van der Waals surface area (Å²) in [5.74, 6) is 0.596. The zero-order chi connectivity index (χ0) is 18.0. The molecule has 1 atom stereocenters. The number of sulfonamides is 1. The van der Waals surface area contributed by atoms with Gasteiger partial charge in [0.15, 0.2) is 0 Å². The van der Waals surface area contributed by atoms with Crippen LogP contribution in [0.2, 0.25) is 5.02 Å². The Morgan fingerprint density at radius 3 is 2.52 bits per heavy atom. The normalized spacial score (nSPS) is 19.1. The van der Waals surface area contributed by atoms with Crippen LogP contribution in [0, 0.1) is 0 Å². The van der Waals surface area contributed by atoms with Crippen molar-refractivity contribution in [2.75, 3.05) is 6.54 Å². The van der Waals surface area contributed by atoms with Gasteiger partial charge in [-0.25, -0.2) is 8.42 Å². The molecule has 4 nitrogen and oxygen atoms in total. The number of nitrogens with one attached hydrogen (secondary N) is 1. The third kappa shape index (κ3) is 3.78.